The number of anilines is 1. The predicted octanol–water partition coefficient (Wildman–Crippen LogP) is 2.35. The Morgan fingerprint density at radius 3 is 3.09 bits per heavy atom. The lowest BCUT2D eigenvalue weighted by Crippen LogP contribution is -2.44. The third kappa shape index (κ3) is 3.20. The highest BCUT2D eigenvalue weighted by Crippen LogP contribution is 2.32. The van der Waals surface area contributed by atoms with E-state index in [2.05, 4.69) is 5.10 Å². The van der Waals surface area contributed by atoms with Crippen LogP contribution in [0.4, 0.5) is 11.4 Å². The molecular formula is C14H15ClN4O3. The van der Waals surface area contributed by atoms with Gasteiger partial charge in [-0.2, -0.15) is 5.10 Å². The fourth-order valence-corrected chi connectivity index (χ4v) is 2.74. The third-order valence-corrected chi connectivity index (χ3v) is 3.80. The van der Waals surface area contributed by atoms with Crippen LogP contribution in [-0.2, 0) is 11.3 Å². The average Bonchev–Trinajstić information content (AvgIpc) is 3.00. The Labute approximate surface area is 132 Å². The van der Waals surface area contributed by atoms with Gasteiger partial charge in [-0.1, -0.05) is 11.6 Å². The van der Waals surface area contributed by atoms with Crippen LogP contribution in [0.5, 0.6) is 0 Å². The number of aromatic nitrogens is 2. The molecule has 116 valence electrons. The number of nitro groups is 1. The minimum Gasteiger partial charge on any atom is -0.373 e. The van der Waals surface area contributed by atoms with Crippen molar-refractivity contribution >= 4 is 23.0 Å². The van der Waals surface area contributed by atoms with Gasteiger partial charge < -0.3 is 9.64 Å². The molecule has 1 unspecified atom stereocenters. The molecule has 1 aliphatic heterocycles. The molecule has 1 aromatic heterocycles. The number of ether oxygens (including phenoxy) is 1. The Kier molecular flexibility index (Phi) is 4.26. The van der Waals surface area contributed by atoms with Crippen LogP contribution in [0.2, 0.25) is 5.02 Å². The molecule has 1 aliphatic rings. The van der Waals surface area contributed by atoms with Crippen LogP contribution in [0.25, 0.3) is 0 Å². The van der Waals surface area contributed by atoms with E-state index in [4.69, 9.17) is 16.3 Å². The van der Waals surface area contributed by atoms with Gasteiger partial charge in [0.15, 0.2) is 0 Å². The maximum Gasteiger partial charge on any atom is 0.294 e. The summed E-state index contributed by atoms with van der Waals surface area (Å²) < 4.78 is 7.52. The van der Waals surface area contributed by atoms with Gasteiger partial charge >= 0.3 is 0 Å². The molecule has 0 bridgehead atoms. The van der Waals surface area contributed by atoms with E-state index in [1.165, 1.54) is 6.07 Å². The van der Waals surface area contributed by atoms with Crippen molar-refractivity contribution in [3.05, 3.63) is 51.8 Å². The molecule has 8 heteroatoms. The molecular weight excluding hydrogens is 308 g/mol. The first kappa shape index (κ1) is 14.8. The van der Waals surface area contributed by atoms with Crippen LogP contribution < -0.4 is 4.90 Å². The van der Waals surface area contributed by atoms with E-state index < -0.39 is 4.92 Å². The molecule has 0 radical (unpaired) electrons. The fourth-order valence-electron chi connectivity index (χ4n) is 2.58. The number of halogens is 1. The standard InChI is InChI=1S/C14H15ClN4O3/c15-11-2-3-13(14(8-11)19(20)21)17-6-7-22-12(9-17)10-18-5-1-4-16-18/h1-5,8,12H,6-7,9-10H2. The molecule has 1 saturated heterocycles. The zero-order valence-electron chi connectivity index (χ0n) is 11.8. The zero-order chi connectivity index (χ0) is 15.5. The van der Waals surface area contributed by atoms with E-state index in [1.54, 1.807) is 23.0 Å². The van der Waals surface area contributed by atoms with Gasteiger partial charge in [-0.3, -0.25) is 14.8 Å². The fraction of sp³-hybridized carbons (Fsp3) is 0.357. The van der Waals surface area contributed by atoms with Gasteiger partial charge in [-0.05, 0) is 18.2 Å². The number of nitro benzene ring substituents is 1. The summed E-state index contributed by atoms with van der Waals surface area (Å²) >= 11 is 5.86. The lowest BCUT2D eigenvalue weighted by Gasteiger charge is -2.34. The summed E-state index contributed by atoms with van der Waals surface area (Å²) in [6.45, 7) is 2.32. The van der Waals surface area contributed by atoms with Gasteiger partial charge in [0, 0.05) is 36.6 Å². The topological polar surface area (TPSA) is 73.4 Å². The van der Waals surface area contributed by atoms with Gasteiger partial charge in [0.25, 0.3) is 5.69 Å². The Morgan fingerprint density at radius 2 is 2.36 bits per heavy atom. The molecule has 7 nitrogen and oxygen atoms in total. The second-order valence-corrected chi connectivity index (χ2v) is 5.49. The molecule has 2 aromatic rings. The SMILES string of the molecule is O=[N+]([O-])c1cc(Cl)ccc1N1CCOC(Cn2cccn2)C1. The van der Waals surface area contributed by atoms with Crippen LogP contribution in [0.1, 0.15) is 0 Å². The zero-order valence-corrected chi connectivity index (χ0v) is 12.5. The minimum atomic E-state index is -0.404. The molecule has 0 aliphatic carbocycles. The molecule has 0 N–H and O–H groups in total. The first-order valence-corrected chi connectivity index (χ1v) is 7.29. The first-order chi connectivity index (χ1) is 10.6. The monoisotopic (exact) mass is 322 g/mol. The quantitative estimate of drug-likeness (QED) is 0.638. The summed E-state index contributed by atoms with van der Waals surface area (Å²) in [5, 5.41) is 15.7. The Morgan fingerprint density at radius 1 is 1.50 bits per heavy atom. The molecule has 1 atom stereocenters. The van der Waals surface area contributed by atoms with Gasteiger partial charge in [-0.15, -0.1) is 0 Å². The van der Waals surface area contributed by atoms with Crippen LogP contribution in [0.15, 0.2) is 36.7 Å². The number of benzene rings is 1. The highest BCUT2D eigenvalue weighted by molar-refractivity contribution is 6.30. The average molecular weight is 323 g/mol. The first-order valence-electron chi connectivity index (χ1n) is 6.91. The van der Waals surface area contributed by atoms with E-state index in [9.17, 15) is 10.1 Å². The second kappa shape index (κ2) is 6.33. The van der Waals surface area contributed by atoms with E-state index >= 15 is 0 Å². The van der Waals surface area contributed by atoms with Crippen molar-refractivity contribution in [2.24, 2.45) is 0 Å². The van der Waals surface area contributed by atoms with Crippen molar-refractivity contribution in [1.82, 2.24) is 9.78 Å². The predicted molar refractivity (Wildman–Crippen MR) is 82.3 cm³/mol. The summed E-state index contributed by atoms with van der Waals surface area (Å²) in [5.74, 6) is 0. The van der Waals surface area contributed by atoms with E-state index in [-0.39, 0.29) is 11.8 Å². The number of nitrogens with zero attached hydrogens (tertiary/aromatic N) is 4. The summed E-state index contributed by atoms with van der Waals surface area (Å²) in [4.78, 5) is 12.8. The van der Waals surface area contributed by atoms with Crippen molar-refractivity contribution in [3.8, 4) is 0 Å². The Bertz CT molecular complexity index is 662. The molecule has 0 saturated carbocycles. The molecule has 1 fully saturated rings. The van der Waals surface area contributed by atoms with Crippen molar-refractivity contribution in [2.75, 3.05) is 24.6 Å². The lowest BCUT2D eigenvalue weighted by atomic mass is 10.2. The smallest absolute Gasteiger partial charge is 0.294 e. The van der Waals surface area contributed by atoms with Crippen LogP contribution in [-0.4, -0.2) is 40.5 Å². The van der Waals surface area contributed by atoms with Crippen LogP contribution in [0, 0.1) is 10.1 Å². The third-order valence-electron chi connectivity index (χ3n) is 3.56. The number of hydrogen-bond donors (Lipinski definition) is 0. The largest absolute Gasteiger partial charge is 0.373 e. The van der Waals surface area contributed by atoms with E-state index in [0.29, 0.717) is 37.0 Å². The lowest BCUT2D eigenvalue weighted by molar-refractivity contribution is -0.384. The molecule has 22 heavy (non-hydrogen) atoms. The minimum absolute atomic E-state index is 0.0206. The highest BCUT2D eigenvalue weighted by Gasteiger charge is 2.26. The van der Waals surface area contributed by atoms with Crippen LogP contribution in [0.3, 0.4) is 0 Å². The summed E-state index contributed by atoms with van der Waals surface area (Å²) in [7, 11) is 0. The van der Waals surface area contributed by atoms with Crippen LogP contribution >= 0.6 is 11.6 Å². The van der Waals surface area contributed by atoms with Gasteiger partial charge in [0.2, 0.25) is 0 Å². The molecule has 0 spiro atoms. The molecule has 2 heterocycles. The van der Waals surface area contributed by atoms with Gasteiger partial charge in [-0.25, -0.2) is 0 Å². The normalized spacial score (nSPS) is 18.4. The molecule has 1 aromatic carbocycles. The Hall–Kier alpha value is -2.12. The number of rotatable bonds is 4. The summed E-state index contributed by atoms with van der Waals surface area (Å²) in [5.41, 5.74) is 0.593. The number of hydrogen-bond acceptors (Lipinski definition) is 5. The van der Waals surface area contributed by atoms with Crippen molar-refractivity contribution in [2.45, 2.75) is 12.6 Å². The van der Waals surface area contributed by atoms with Gasteiger partial charge in [0.05, 0.1) is 24.2 Å². The van der Waals surface area contributed by atoms with E-state index in [0.717, 1.165) is 0 Å². The maximum absolute atomic E-state index is 11.2. The summed E-state index contributed by atoms with van der Waals surface area (Å²) in [6, 6.07) is 6.60. The van der Waals surface area contributed by atoms with E-state index in [1.807, 2.05) is 17.2 Å². The molecule has 3 rings (SSSR count). The molecule has 0 amide bonds. The Balaban J connectivity index is 1.78. The van der Waals surface area contributed by atoms with Crippen molar-refractivity contribution in [1.29, 1.82) is 0 Å². The second-order valence-electron chi connectivity index (χ2n) is 5.06. The van der Waals surface area contributed by atoms with Crippen molar-refractivity contribution < 1.29 is 9.66 Å². The highest BCUT2D eigenvalue weighted by atomic mass is 35.5. The summed E-state index contributed by atoms with van der Waals surface area (Å²) in [6.07, 6.45) is 3.52. The maximum atomic E-state index is 11.2. The van der Waals surface area contributed by atoms with Crippen molar-refractivity contribution in [3.63, 3.8) is 0 Å². The number of morpholine rings is 1. The van der Waals surface area contributed by atoms with Gasteiger partial charge in [0.1, 0.15) is 5.69 Å².